The summed E-state index contributed by atoms with van der Waals surface area (Å²) in [5.41, 5.74) is 5.92. The molecule has 34 heavy (non-hydrogen) atoms. The average molecular weight is 500 g/mol. The molecule has 4 rings (SSSR count). The van der Waals surface area contributed by atoms with Crippen LogP contribution in [0.15, 0.2) is 41.8 Å². The van der Waals surface area contributed by atoms with Crippen LogP contribution in [-0.4, -0.2) is 29.1 Å². The number of anilines is 1. The highest BCUT2D eigenvalue weighted by Crippen LogP contribution is 2.27. The van der Waals surface area contributed by atoms with Crippen molar-refractivity contribution in [2.45, 2.75) is 64.7 Å². The van der Waals surface area contributed by atoms with Gasteiger partial charge in [-0.05, 0) is 75.5 Å². The van der Waals surface area contributed by atoms with Gasteiger partial charge in [0.05, 0.1) is 23.7 Å². The highest BCUT2D eigenvalue weighted by Gasteiger charge is 2.19. The van der Waals surface area contributed by atoms with E-state index in [1.165, 1.54) is 17.5 Å². The van der Waals surface area contributed by atoms with Crippen LogP contribution in [0.5, 0.6) is 0 Å². The van der Waals surface area contributed by atoms with E-state index >= 15 is 0 Å². The number of halogens is 1. The number of nitrogens with zero attached hydrogens (tertiary/aromatic N) is 2. The lowest BCUT2D eigenvalue weighted by Crippen LogP contribution is -2.14. The third-order valence-electron chi connectivity index (χ3n) is 6.10. The molecule has 0 spiro atoms. The van der Waals surface area contributed by atoms with E-state index in [1.807, 2.05) is 6.92 Å². The summed E-state index contributed by atoms with van der Waals surface area (Å²) in [6.45, 7) is 5.36. The molecule has 1 aliphatic rings. The van der Waals surface area contributed by atoms with Crippen LogP contribution in [0.1, 0.15) is 65.2 Å². The first-order valence-electron chi connectivity index (χ1n) is 12.0. The fraction of sp³-hybridized carbons (Fsp3) is 0.444. The maximum absolute atomic E-state index is 12.2. The van der Waals surface area contributed by atoms with E-state index in [2.05, 4.69) is 54.0 Å². The Hall–Kier alpha value is -2.44. The molecule has 3 aromatic rings. The van der Waals surface area contributed by atoms with E-state index in [4.69, 9.17) is 14.7 Å². The molecule has 1 unspecified atom stereocenters. The molecule has 2 aromatic heterocycles. The minimum absolute atomic E-state index is 0. The summed E-state index contributed by atoms with van der Waals surface area (Å²) in [5.74, 6) is 0.997. The molecule has 3 heterocycles. The van der Waals surface area contributed by atoms with Crippen LogP contribution in [0.4, 0.5) is 5.82 Å². The lowest BCUT2D eigenvalue weighted by atomic mass is 9.91. The van der Waals surface area contributed by atoms with Crippen molar-refractivity contribution < 1.29 is 9.53 Å². The van der Waals surface area contributed by atoms with Gasteiger partial charge in [0.25, 0.3) is 0 Å². The lowest BCUT2D eigenvalue weighted by Gasteiger charge is -2.17. The van der Waals surface area contributed by atoms with Gasteiger partial charge < -0.3 is 10.1 Å². The van der Waals surface area contributed by atoms with Crippen molar-refractivity contribution in [3.63, 3.8) is 0 Å². The van der Waals surface area contributed by atoms with Crippen molar-refractivity contribution in [2.24, 2.45) is 0 Å². The van der Waals surface area contributed by atoms with Crippen LogP contribution in [-0.2, 0) is 35.2 Å². The van der Waals surface area contributed by atoms with E-state index in [0.29, 0.717) is 13.0 Å². The Kier molecular flexibility index (Phi) is 9.90. The predicted molar refractivity (Wildman–Crippen MR) is 141 cm³/mol. The van der Waals surface area contributed by atoms with E-state index in [-0.39, 0.29) is 24.3 Å². The van der Waals surface area contributed by atoms with Gasteiger partial charge in [0.1, 0.15) is 5.82 Å². The quantitative estimate of drug-likeness (QED) is 0.342. The number of rotatable bonds is 10. The molecule has 0 saturated carbocycles. The second-order valence-electron chi connectivity index (χ2n) is 8.75. The molecule has 1 N–H and O–H groups in total. The van der Waals surface area contributed by atoms with Crippen molar-refractivity contribution in [1.82, 2.24) is 9.97 Å². The molecule has 0 saturated heterocycles. The van der Waals surface area contributed by atoms with Crippen molar-refractivity contribution >= 4 is 35.5 Å². The standard InChI is InChI=1S/C27H33N3O2S.ClH/c1-3-32-26(31)17-22(20-11-9-19(2)10-12-20)16-24-18-33-25(29-24)8-4-7-23-14-13-21-6-5-15-28-27(21)30-23;/h9-14,18,22H,3-8,15-17H2,1-2H3,(H,28,30);1H. The Bertz CT molecular complexity index is 1070. The predicted octanol–water partition coefficient (Wildman–Crippen LogP) is 6.08. The van der Waals surface area contributed by atoms with Crippen molar-refractivity contribution in [2.75, 3.05) is 18.5 Å². The SMILES string of the molecule is CCOC(=O)CC(Cc1csc(CCCc2ccc3c(n2)NCCC3)n1)c1ccc(C)cc1.Cl. The molecule has 0 radical (unpaired) electrons. The number of nitrogens with one attached hydrogen (secondary N) is 1. The van der Waals surface area contributed by atoms with Gasteiger partial charge in [-0.2, -0.15) is 0 Å². The largest absolute Gasteiger partial charge is 0.466 e. The zero-order chi connectivity index (χ0) is 23.0. The Labute approximate surface area is 212 Å². The highest BCUT2D eigenvalue weighted by atomic mass is 35.5. The molecule has 1 aliphatic heterocycles. The summed E-state index contributed by atoms with van der Waals surface area (Å²) < 4.78 is 5.22. The molecular formula is C27H34ClN3O2S. The van der Waals surface area contributed by atoms with Gasteiger partial charge in [-0.3, -0.25) is 4.79 Å². The summed E-state index contributed by atoms with van der Waals surface area (Å²) in [5, 5.41) is 6.71. The first-order chi connectivity index (χ1) is 16.1. The Balaban J connectivity index is 0.00000324. The van der Waals surface area contributed by atoms with E-state index in [9.17, 15) is 4.79 Å². The summed E-state index contributed by atoms with van der Waals surface area (Å²) in [4.78, 5) is 21.9. The third-order valence-corrected chi connectivity index (χ3v) is 7.05. The van der Waals surface area contributed by atoms with Crippen LogP contribution >= 0.6 is 23.7 Å². The lowest BCUT2D eigenvalue weighted by molar-refractivity contribution is -0.143. The van der Waals surface area contributed by atoms with Gasteiger partial charge in [0, 0.05) is 17.6 Å². The second kappa shape index (κ2) is 12.9. The summed E-state index contributed by atoms with van der Waals surface area (Å²) in [6, 6.07) is 12.8. The number of esters is 1. The van der Waals surface area contributed by atoms with E-state index in [1.54, 1.807) is 11.3 Å². The van der Waals surface area contributed by atoms with Crippen molar-refractivity contribution in [1.29, 1.82) is 0 Å². The van der Waals surface area contributed by atoms with Gasteiger partial charge >= 0.3 is 5.97 Å². The van der Waals surface area contributed by atoms with Gasteiger partial charge in [-0.25, -0.2) is 9.97 Å². The van der Waals surface area contributed by atoms with E-state index in [0.717, 1.165) is 66.4 Å². The molecule has 1 aromatic carbocycles. The molecule has 1 atom stereocenters. The number of aryl methyl sites for hydroxylation is 4. The third kappa shape index (κ3) is 7.28. The minimum Gasteiger partial charge on any atom is -0.466 e. The zero-order valence-corrected chi connectivity index (χ0v) is 21.6. The monoisotopic (exact) mass is 499 g/mol. The van der Waals surface area contributed by atoms with Crippen LogP contribution in [0, 0.1) is 6.92 Å². The number of fused-ring (bicyclic) bond motifs is 1. The molecule has 0 bridgehead atoms. The number of carbonyl (C=O) groups is 1. The van der Waals surface area contributed by atoms with Gasteiger partial charge in [-0.1, -0.05) is 35.9 Å². The normalized spacial score (nSPS) is 13.4. The van der Waals surface area contributed by atoms with Gasteiger partial charge in [-0.15, -0.1) is 23.7 Å². The number of hydrogen-bond acceptors (Lipinski definition) is 6. The number of ether oxygens (including phenoxy) is 1. The Morgan fingerprint density at radius 3 is 2.74 bits per heavy atom. The van der Waals surface area contributed by atoms with Crippen LogP contribution in [0.25, 0.3) is 0 Å². The summed E-state index contributed by atoms with van der Waals surface area (Å²) >= 11 is 1.72. The smallest absolute Gasteiger partial charge is 0.306 e. The summed E-state index contributed by atoms with van der Waals surface area (Å²) in [7, 11) is 0. The van der Waals surface area contributed by atoms with Crippen LogP contribution in [0.3, 0.4) is 0 Å². The zero-order valence-electron chi connectivity index (χ0n) is 20.0. The second-order valence-corrected chi connectivity index (χ2v) is 9.69. The minimum atomic E-state index is -0.148. The molecule has 0 aliphatic carbocycles. The first kappa shape index (κ1) is 26.2. The highest BCUT2D eigenvalue weighted by molar-refractivity contribution is 7.09. The number of thiazole rings is 1. The molecule has 182 valence electrons. The maximum Gasteiger partial charge on any atom is 0.306 e. The van der Waals surface area contributed by atoms with Crippen LogP contribution < -0.4 is 5.32 Å². The number of benzene rings is 1. The summed E-state index contributed by atoms with van der Waals surface area (Å²) in [6.07, 6.45) is 6.37. The fourth-order valence-corrected chi connectivity index (χ4v) is 5.16. The molecule has 7 heteroatoms. The molecule has 0 fully saturated rings. The van der Waals surface area contributed by atoms with Crippen molar-refractivity contribution in [3.05, 3.63) is 74.9 Å². The number of aromatic nitrogens is 2. The van der Waals surface area contributed by atoms with Gasteiger partial charge in [0.2, 0.25) is 0 Å². The molecular weight excluding hydrogens is 466 g/mol. The fourth-order valence-electron chi connectivity index (χ4n) is 4.31. The van der Waals surface area contributed by atoms with Crippen LogP contribution in [0.2, 0.25) is 0 Å². The maximum atomic E-state index is 12.2. The van der Waals surface area contributed by atoms with E-state index < -0.39 is 0 Å². The Morgan fingerprint density at radius 1 is 1.12 bits per heavy atom. The molecule has 5 nitrogen and oxygen atoms in total. The number of carbonyl (C=O) groups excluding carboxylic acids is 1. The molecule has 0 amide bonds. The first-order valence-corrected chi connectivity index (χ1v) is 12.9. The Morgan fingerprint density at radius 2 is 1.94 bits per heavy atom. The van der Waals surface area contributed by atoms with Crippen molar-refractivity contribution in [3.8, 4) is 0 Å². The topological polar surface area (TPSA) is 64.1 Å². The number of pyridine rings is 1. The van der Waals surface area contributed by atoms with Gasteiger partial charge in [0.15, 0.2) is 0 Å². The number of hydrogen-bond donors (Lipinski definition) is 1. The average Bonchev–Trinajstić information content (AvgIpc) is 3.26.